The number of imidazole rings is 1. The fraction of sp³-hybridized carbons (Fsp3) is 0.458. The number of rotatable bonds is 4. The van der Waals surface area contributed by atoms with Gasteiger partial charge < -0.3 is 9.88 Å². The SMILES string of the molecule is Cc1nc2cc(F)ccc2n1[C@H]1CC[C@@H](NCC2Cc3ccccc3C2)CC1. The first-order valence-electron chi connectivity index (χ1n) is 10.6. The van der Waals surface area contributed by atoms with Gasteiger partial charge >= 0.3 is 0 Å². The number of hydrogen-bond donors (Lipinski definition) is 1. The van der Waals surface area contributed by atoms with Gasteiger partial charge in [-0.15, -0.1) is 0 Å². The van der Waals surface area contributed by atoms with Crippen molar-refractivity contribution in [3.8, 4) is 0 Å². The zero-order valence-electron chi connectivity index (χ0n) is 16.5. The van der Waals surface area contributed by atoms with Gasteiger partial charge in [-0.1, -0.05) is 24.3 Å². The molecule has 1 heterocycles. The molecule has 0 amide bonds. The largest absolute Gasteiger partial charge is 0.325 e. The summed E-state index contributed by atoms with van der Waals surface area (Å²) in [5.74, 6) is 1.53. The Kier molecular flexibility index (Phi) is 4.67. The van der Waals surface area contributed by atoms with E-state index in [1.807, 2.05) is 13.0 Å². The lowest BCUT2D eigenvalue weighted by Crippen LogP contribution is -2.37. The zero-order chi connectivity index (χ0) is 19.1. The third-order valence-electron chi connectivity index (χ3n) is 6.72. The molecule has 2 aliphatic rings. The molecule has 28 heavy (non-hydrogen) atoms. The number of nitrogens with one attached hydrogen (secondary N) is 1. The Morgan fingerprint density at radius 2 is 1.75 bits per heavy atom. The van der Waals surface area contributed by atoms with Crippen molar-refractivity contribution in [1.29, 1.82) is 0 Å². The van der Waals surface area contributed by atoms with Crippen molar-refractivity contribution in [2.24, 2.45) is 5.92 Å². The predicted molar refractivity (Wildman–Crippen MR) is 111 cm³/mol. The summed E-state index contributed by atoms with van der Waals surface area (Å²) in [6.07, 6.45) is 7.15. The quantitative estimate of drug-likeness (QED) is 0.695. The highest BCUT2D eigenvalue weighted by atomic mass is 19.1. The molecule has 1 fully saturated rings. The van der Waals surface area contributed by atoms with Gasteiger partial charge in [-0.3, -0.25) is 0 Å². The minimum Gasteiger partial charge on any atom is -0.325 e. The van der Waals surface area contributed by atoms with Gasteiger partial charge in [-0.25, -0.2) is 9.37 Å². The molecule has 0 radical (unpaired) electrons. The highest BCUT2D eigenvalue weighted by Crippen LogP contribution is 2.33. The number of aryl methyl sites for hydroxylation is 1. The van der Waals surface area contributed by atoms with Crippen molar-refractivity contribution in [3.63, 3.8) is 0 Å². The molecule has 1 saturated carbocycles. The summed E-state index contributed by atoms with van der Waals surface area (Å²) in [5.41, 5.74) is 4.92. The smallest absolute Gasteiger partial charge is 0.125 e. The average Bonchev–Trinajstić information content (AvgIpc) is 3.26. The Hall–Kier alpha value is -2.20. The van der Waals surface area contributed by atoms with Gasteiger partial charge in [0.05, 0.1) is 11.0 Å². The molecule has 3 nitrogen and oxygen atoms in total. The number of aromatic nitrogens is 2. The maximum Gasteiger partial charge on any atom is 0.125 e. The van der Waals surface area contributed by atoms with Crippen LogP contribution >= 0.6 is 0 Å². The van der Waals surface area contributed by atoms with Crippen LogP contribution in [0.5, 0.6) is 0 Å². The minimum absolute atomic E-state index is 0.209. The van der Waals surface area contributed by atoms with Crippen LogP contribution in [0.15, 0.2) is 42.5 Å². The molecule has 2 aromatic carbocycles. The van der Waals surface area contributed by atoms with Gasteiger partial charge in [0.2, 0.25) is 0 Å². The van der Waals surface area contributed by atoms with Crippen LogP contribution in [0.2, 0.25) is 0 Å². The third kappa shape index (κ3) is 3.35. The summed E-state index contributed by atoms with van der Waals surface area (Å²) in [6, 6.07) is 15.0. The van der Waals surface area contributed by atoms with Gasteiger partial charge in [-0.05, 0) is 81.2 Å². The van der Waals surface area contributed by atoms with Crippen LogP contribution < -0.4 is 5.32 Å². The van der Waals surface area contributed by atoms with E-state index in [9.17, 15) is 4.39 Å². The molecule has 146 valence electrons. The Labute approximate surface area is 166 Å². The second-order valence-electron chi connectivity index (χ2n) is 8.62. The van der Waals surface area contributed by atoms with Crippen molar-refractivity contribution < 1.29 is 4.39 Å². The van der Waals surface area contributed by atoms with Crippen molar-refractivity contribution in [1.82, 2.24) is 14.9 Å². The van der Waals surface area contributed by atoms with Crippen LogP contribution in [0.1, 0.15) is 48.7 Å². The minimum atomic E-state index is -0.209. The van der Waals surface area contributed by atoms with Gasteiger partial charge in [0.25, 0.3) is 0 Å². The average molecular weight is 378 g/mol. The highest BCUT2D eigenvalue weighted by Gasteiger charge is 2.26. The lowest BCUT2D eigenvalue weighted by molar-refractivity contribution is 0.283. The Morgan fingerprint density at radius 1 is 1.04 bits per heavy atom. The summed E-state index contributed by atoms with van der Waals surface area (Å²) in [6.45, 7) is 3.16. The number of halogens is 1. The van der Waals surface area contributed by atoms with Crippen LogP contribution in [0.4, 0.5) is 4.39 Å². The zero-order valence-corrected chi connectivity index (χ0v) is 16.5. The van der Waals surface area contributed by atoms with Crippen molar-refractivity contribution >= 4 is 11.0 Å². The first kappa shape index (κ1) is 17.9. The van der Waals surface area contributed by atoms with E-state index in [-0.39, 0.29) is 5.82 Å². The molecule has 0 spiro atoms. The number of nitrogens with zero attached hydrogens (tertiary/aromatic N) is 2. The standard InChI is InChI=1S/C24H28FN3/c1-16-27-23-14-20(25)6-11-24(23)28(16)22-9-7-21(8-10-22)26-15-17-12-18-4-2-3-5-19(18)13-17/h2-6,11,14,17,21-22,26H,7-10,12-13,15H2,1H3/t21-,22+. The first-order chi connectivity index (χ1) is 13.7. The van der Waals surface area contributed by atoms with E-state index >= 15 is 0 Å². The summed E-state index contributed by atoms with van der Waals surface area (Å²) in [7, 11) is 0. The summed E-state index contributed by atoms with van der Waals surface area (Å²) in [5, 5.41) is 3.85. The molecule has 0 saturated heterocycles. The van der Waals surface area contributed by atoms with E-state index in [0.717, 1.165) is 42.2 Å². The van der Waals surface area contributed by atoms with Gasteiger partial charge in [0.1, 0.15) is 11.6 Å². The van der Waals surface area contributed by atoms with E-state index in [1.165, 1.54) is 36.8 Å². The van der Waals surface area contributed by atoms with E-state index < -0.39 is 0 Å². The fourth-order valence-corrected chi connectivity index (χ4v) is 5.32. The van der Waals surface area contributed by atoms with Crippen LogP contribution in [-0.2, 0) is 12.8 Å². The number of hydrogen-bond acceptors (Lipinski definition) is 2. The lowest BCUT2D eigenvalue weighted by Gasteiger charge is -2.31. The summed E-state index contributed by atoms with van der Waals surface area (Å²) < 4.78 is 15.8. The van der Waals surface area contributed by atoms with Crippen molar-refractivity contribution in [2.45, 2.75) is 57.5 Å². The van der Waals surface area contributed by atoms with Crippen molar-refractivity contribution in [3.05, 3.63) is 65.2 Å². The Morgan fingerprint density at radius 3 is 2.46 bits per heavy atom. The molecule has 5 rings (SSSR count). The Balaban J connectivity index is 1.18. The molecule has 1 N–H and O–H groups in total. The molecule has 1 aromatic heterocycles. The van der Waals surface area contributed by atoms with Crippen LogP contribution in [0.3, 0.4) is 0 Å². The molecule has 4 heteroatoms. The van der Waals surface area contributed by atoms with E-state index in [2.05, 4.69) is 39.1 Å². The van der Waals surface area contributed by atoms with Crippen LogP contribution in [-0.4, -0.2) is 22.1 Å². The molecule has 0 bridgehead atoms. The highest BCUT2D eigenvalue weighted by molar-refractivity contribution is 5.76. The second-order valence-corrected chi connectivity index (χ2v) is 8.62. The molecule has 0 atom stereocenters. The molecular formula is C24H28FN3. The summed E-state index contributed by atoms with van der Waals surface area (Å²) >= 11 is 0. The molecular weight excluding hydrogens is 349 g/mol. The summed E-state index contributed by atoms with van der Waals surface area (Å²) in [4.78, 5) is 4.58. The normalized spacial score (nSPS) is 22.6. The Bertz CT molecular complexity index is 960. The lowest BCUT2D eigenvalue weighted by atomic mass is 9.90. The van der Waals surface area contributed by atoms with Crippen LogP contribution in [0, 0.1) is 18.7 Å². The molecule has 2 aliphatic carbocycles. The monoisotopic (exact) mass is 377 g/mol. The van der Waals surface area contributed by atoms with E-state index in [0.29, 0.717) is 12.1 Å². The first-order valence-corrected chi connectivity index (χ1v) is 10.6. The van der Waals surface area contributed by atoms with Gasteiger partial charge in [-0.2, -0.15) is 0 Å². The van der Waals surface area contributed by atoms with E-state index in [1.54, 1.807) is 12.1 Å². The number of benzene rings is 2. The van der Waals surface area contributed by atoms with E-state index in [4.69, 9.17) is 0 Å². The topological polar surface area (TPSA) is 29.9 Å². The van der Waals surface area contributed by atoms with Crippen LogP contribution in [0.25, 0.3) is 11.0 Å². The third-order valence-corrected chi connectivity index (χ3v) is 6.72. The maximum absolute atomic E-state index is 13.5. The molecule has 0 aliphatic heterocycles. The molecule has 0 unspecified atom stereocenters. The second kappa shape index (κ2) is 7.32. The van der Waals surface area contributed by atoms with Gasteiger partial charge in [0, 0.05) is 18.2 Å². The maximum atomic E-state index is 13.5. The number of fused-ring (bicyclic) bond motifs is 2. The fourth-order valence-electron chi connectivity index (χ4n) is 5.32. The predicted octanol–water partition coefficient (Wildman–Crippen LogP) is 4.97. The molecule has 3 aromatic rings. The van der Waals surface area contributed by atoms with Crippen molar-refractivity contribution in [2.75, 3.05) is 6.54 Å². The van der Waals surface area contributed by atoms with Gasteiger partial charge in [0.15, 0.2) is 0 Å².